The Morgan fingerprint density at radius 2 is 2.20 bits per heavy atom. The number of ether oxygens (including phenoxy) is 1. The average Bonchev–Trinajstić information content (AvgIpc) is 2.84. The number of thiazole rings is 1. The van der Waals surface area contributed by atoms with Gasteiger partial charge in [0.1, 0.15) is 17.4 Å². The van der Waals surface area contributed by atoms with Gasteiger partial charge in [-0.15, -0.1) is 11.3 Å². The van der Waals surface area contributed by atoms with Crippen LogP contribution in [0, 0.1) is 18.3 Å². The summed E-state index contributed by atoms with van der Waals surface area (Å²) in [5.74, 6) is 1.35. The Hall–Kier alpha value is -1.86. The third kappa shape index (κ3) is 3.58. The number of hydrogen-bond acceptors (Lipinski definition) is 4. The predicted octanol–water partition coefficient (Wildman–Crippen LogP) is 4.22. The zero-order valence-electron chi connectivity index (χ0n) is 12.0. The molecule has 0 fully saturated rings. The molecular weight excluding hydrogens is 268 g/mol. The molecule has 2 aromatic rings. The molecule has 2 rings (SSSR count). The van der Waals surface area contributed by atoms with E-state index >= 15 is 0 Å². The second-order valence-corrected chi connectivity index (χ2v) is 6.24. The molecule has 0 N–H and O–H groups in total. The van der Waals surface area contributed by atoms with E-state index in [1.54, 1.807) is 6.20 Å². The van der Waals surface area contributed by atoms with Crippen molar-refractivity contribution >= 4 is 11.3 Å². The minimum Gasteiger partial charge on any atom is -0.486 e. The zero-order valence-corrected chi connectivity index (χ0v) is 12.8. The summed E-state index contributed by atoms with van der Waals surface area (Å²) in [4.78, 5) is 5.27. The standard InChI is InChI=1S/C16H18N2OS/c1-11(2)14-5-4-12(3)8-15(14)19-10-16-18-9-13(20-16)6-7-17/h4-5,8-9,11H,6,10H2,1-3H3. The molecule has 0 saturated heterocycles. The summed E-state index contributed by atoms with van der Waals surface area (Å²) < 4.78 is 5.92. The van der Waals surface area contributed by atoms with Gasteiger partial charge in [0.25, 0.3) is 0 Å². The fraction of sp³-hybridized carbons (Fsp3) is 0.375. The van der Waals surface area contributed by atoms with Crippen molar-refractivity contribution in [3.05, 3.63) is 45.4 Å². The van der Waals surface area contributed by atoms with E-state index in [1.807, 2.05) is 0 Å². The first-order valence-electron chi connectivity index (χ1n) is 6.64. The van der Waals surface area contributed by atoms with Crippen molar-refractivity contribution in [2.24, 2.45) is 0 Å². The maximum absolute atomic E-state index is 8.66. The smallest absolute Gasteiger partial charge is 0.140 e. The van der Waals surface area contributed by atoms with Gasteiger partial charge >= 0.3 is 0 Å². The highest BCUT2D eigenvalue weighted by molar-refractivity contribution is 7.11. The molecule has 1 aromatic heterocycles. The highest BCUT2D eigenvalue weighted by Crippen LogP contribution is 2.28. The third-order valence-electron chi connectivity index (χ3n) is 3.00. The number of aromatic nitrogens is 1. The van der Waals surface area contributed by atoms with Crippen LogP contribution in [0.25, 0.3) is 0 Å². The summed E-state index contributed by atoms with van der Waals surface area (Å²) in [6, 6.07) is 8.43. The largest absolute Gasteiger partial charge is 0.486 e. The second kappa shape index (κ2) is 6.53. The van der Waals surface area contributed by atoms with E-state index in [2.05, 4.69) is 50.0 Å². The molecule has 0 unspecified atom stereocenters. The molecule has 20 heavy (non-hydrogen) atoms. The average molecular weight is 286 g/mol. The maximum atomic E-state index is 8.66. The van der Waals surface area contributed by atoms with Gasteiger partial charge in [-0.1, -0.05) is 26.0 Å². The van der Waals surface area contributed by atoms with Crippen molar-refractivity contribution < 1.29 is 4.74 Å². The molecule has 0 aliphatic heterocycles. The zero-order chi connectivity index (χ0) is 14.5. The molecule has 4 heteroatoms. The monoisotopic (exact) mass is 286 g/mol. The first-order chi connectivity index (χ1) is 9.60. The number of nitrogens with zero attached hydrogens (tertiary/aromatic N) is 2. The van der Waals surface area contributed by atoms with Gasteiger partial charge in [0, 0.05) is 11.1 Å². The van der Waals surface area contributed by atoms with Gasteiger partial charge in [-0.05, 0) is 30.0 Å². The lowest BCUT2D eigenvalue weighted by Crippen LogP contribution is -2.00. The van der Waals surface area contributed by atoms with Crippen molar-refractivity contribution in [1.82, 2.24) is 4.98 Å². The molecule has 0 amide bonds. The lowest BCUT2D eigenvalue weighted by molar-refractivity contribution is 0.301. The van der Waals surface area contributed by atoms with Crippen LogP contribution in [0.3, 0.4) is 0 Å². The minimum atomic E-state index is 0.416. The molecule has 0 spiro atoms. The van der Waals surface area contributed by atoms with Crippen LogP contribution >= 0.6 is 11.3 Å². The number of nitriles is 1. The summed E-state index contributed by atoms with van der Waals surface area (Å²) in [5.41, 5.74) is 2.40. The SMILES string of the molecule is Cc1ccc(C(C)C)c(OCc2ncc(CC#N)s2)c1. The Morgan fingerprint density at radius 1 is 1.40 bits per heavy atom. The molecule has 0 saturated carbocycles. The molecule has 0 bridgehead atoms. The molecule has 104 valence electrons. The summed E-state index contributed by atoms with van der Waals surface area (Å²) in [7, 11) is 0. The molecule has 1 heterocycles. The third-order valence-corrected chi connectivity index (χ3v) is 3.97. The summed E-state index contributed by atoms with van der Waals surface area (Å²) in [6.07, 6.45) is 2.17. The Bertz CT molecular complexity index is 626. The predicted molar refractivity (Wildman–Crippen MR) is 81.0 cm³/mol. The lowest BCUT2D eigenvalue weighted by atomic mass is 10.0. The van der Waals surface area contributed by atoms with Crippen LogP contribution in [0.5, 0.6) is 5.75 Å². The molecule has 0 aliphatic carbocycles. The Balaban J connectivity index is 2.10. The minimum absolute atomic E-state index is 0.416. The van der Waals surface area contributed by atoms with Crippen molar-refractivity contribution in [1.29, 1.82) is 5.26 Å². The quantitative estimate of drug-likeness (QED) is 0.826. The van der Waals surface area contributed by atoms with E-state index in [0.717, 1.165) is 15.6 Å². The van der Waals surface area contributed by atoms with Gasteiger partial charge < -0.3 is 4.74 Å². The summed E-state index contributed by atoms with van der Waals surface area (Å²) in [5, 5.41) is 9.57. The maximum Gasteiger partial charge on any atom is 0.140 e. The van der Waals surface area contributed by atoms with Gasteiger partial charge in [0.05, 0.1) is 12.5 Å². The van der Waals surface area contributed by atoms with Crippen LogP contribution in [-0.4, -0.2) is 4.98 Å². The van der Waals surface area contributed by atoms with Crippen molar-refractivity contribution in [2.45, 2.75) is 39.7 Å². The van der Waals surface area contributed by atoms with Gasteiger partial charge in [0.2, 0.25) is 0 Å². The van der Waals surface area contributed by atoms with E-state index in [9.17, 15) is 0 Å². The second-order valence-electron chi connectivity index (χ2n) is 5.04. The van der Waals surface area contributed by atoms with Crippen LogP contribution < -0.4 is 4.74 Å². The number of rotatable bonds is 5. The van der Waals surface area contributed by atoms with E-state index in [4.69, 9.17) is 10.00 Å². The molecule has 3 nitrogen and oxygen atoms in total. The first kappa shape index (κ1) is 14.5. The van der Waals surface area contributed by atoms with Crippen LogP contribution in [0.1, 0.15) is 40.8 Å². The van der Waals surface area contributed by atoms with Crippen molar-refractivity contribution in [3.8, 4) is 11.8 Å². The molecule has 0 atom stereocenters. The molecule has 0 aliphatic rings. The van der Waals surface area contributed by atoms with Gasteiger partial charge in [-0.2, -0.15) is 5.26 Å². The van der Waals surface area contributed by atoms with Crippen molar-refractivity contribution in [3.63, 3.8) is 0 Å². The lowest BCUT2D eigenvalue weighted by Gasteiger charge is -2.14. The van der Waals surface area contributed by atoms with Crippen LogP contribution in [0.4, 0.5) is 0 Å². The van der Waals surface area contributed by atoms with Gasteiger partial charge in [-0.3, -0.25) is 0 Å². The molecule has 1 aromatic carbocycles. The van der Waals surface area contributed by atoms with E-state index in [1.165, 1.54) is 22.5 Å². The van der Waals surface area contributed by atoms with Crippen molar-refractivity contribution in [2.75, 3.05) is 0 Å². The highest BCUT2D eigenvalue weighted by Gasteiger charge is 2.09. The first-order valence-corrected chi connectivity index (χ1v) is 7.45. The van der Waals surface area contributed by atoms with Crippen LogP contribution in [-0.2, 0) is 13.0 Å². The van der Waals surface area contributed by atoms with Crippen LogP contribution in [0.15, 0.2) is 24.4 Å². The molecular formula is C16H18N2OS. The summed E-state index contributed by atoms with van der Waals surface area (Å²) in [6.45, 7) is 6.84. The summed E-state index contributed by atoms with van der Waals surface area (Å²) >= 11 is 1.54. The Kier molecular flexibility index (Phi) is 4.75. The number of aryl methyl sites for hydroxylation is 1. The van der Waals surface area contributed by atoms with Crippen LogP contribution in [0.2, 0.25) is 0 Å². The van der Waals surface area contributed by atoms with E-state index in [-0.39, 0.29) is 0 Å². The van der Waals surface area contributed by atoms with Gasteiger partial charge in [0.15, 0.2) is 0 Å². The number of benzene rings is 1. The number of hydrogen-bond donors (Lipinski definition) is 0. The van der Waals surface area contributed by atoms with E-state index in [0.29, 0.717) is 18.9 Å². The van der Waals surface area contributed by atoms with E-state index < -0.39 is 0 Å². The normalized spacial score (nSPS) is 10.6. The fourth-order valence-corrected chi connectivity index (χ4v) is 2.73. The molecule has 0 radical (unpaired) electrons. The fourth-order valence-electron chi connectivity index (χ4n) is 1.96. The topological polar surface area (TPSA) is 45.9 Å². The highest BCUT2D eigenvalue weighted by atomic mass is 32.1. The Morgan fingerprint density at radius 3 is 2.90 bits per heavy atom. The van der Waals surface area contributed by atoms with Gasteiger partial charge in [-0.25, -0.2) is 4.98 Å². The Labute approximate surface area is 123 Å².